The van der Waals surface area contributed by atoms with Crippen molar-refractivity contribution in [3.63, 3.8) is 0 Å². The average molecular weight is 292 g/mol. The molecular formula is C17H28N2O2. The molecular weight excluding hydrogens is 264 g/mol. The first-order valence-corrected chi connectivity index (χ1v) is 7.96. The minimum atomic E-state index is 0.618. The lowest BCUT2D eigenvalue weighted by atomic mass is 10.0. The minimum absolute atomic E-state index is 0.618. The van der Waals surface area contributed by atoms with E-state index in [-0.39, 0.29) is 0 Å². The highest BCUT2D eigenvalue weighted by Crippen LogP contribution is 2.29. The molecule has 21 heavy (non-hydrogen) atoms. The first-order chi connectivity index (χ1) is 10.3. The smallest absolute Gasteiger partial charge is 0.161 e. The summed E-state index contributed by atoms with van der Waals surface area (Å²) in [6, 6.07) is 6.90. The summed E-state index contributed by atoms with van der Waals surface area (Å²) in [7, 11) is 3.76. The number of likely N-dealkylation sites (N-methyl/N-ethyl adjacent to an activating group) is 1. The number of piperidine rings is 1. The molecule has 0 spiro atoms. The normalized spacial score (nSPS) is 19.5. The molecule has 1 aliphatic rings. The molecule has 1 aromatic carbocycles. The second-order valence-corrected chi connectivity index (χ2v) is 5.70. The van der Waals surface area contributed by atoms with Crippen molar-refractivity contribution in [2.45, 2.75) is 38.8 Å². The van der Waals surface area contributed by atoms with Gasteiger partial charge in [-0.3, -0.25) is 4.90 Å². The molecule has 1 heterocycles. The van der Waals surface area contributed by atoms with Crippen LogP contribution in [0.25, 0.3) is 0 Å². The van der Waals surface area contributed by atoms with E-state index >= 15 is 0 Å². The number of ether oxygens (including phenoxy) is 2. The van der Waals surface area contributed by atoms with Crippen LogP contribution in [0.2, 0.25) is 0 Å². The third-order valence-electron chi connectivity index (χ3n) is 4.01. The molecule has 2 rings (SSSR count). The highest BCUT2D eigenvalue weighted by atomic mass is 16.5. The number of benzene rings is 1. The van der Waals surface area contributed by atoms with Gasteiger partial charge in [0.1, 0.15) is 0 Å². The topological polar surface area (TPSA) is 33.7 Å². The van der Waals surface area contributed by atoms with Gasteiger partial charge in [-0.2, -0.15) is 0 Å². The third-order valence-corrected chi connectivity index (χ3v) is 4.01. The van der Waals surface area contributed by atoms with Gasteiger partial charge in [0, 0.05) is 19.1 Å². The lowest BCUT2D eigenvalue weighted by Crippen LogP contribution is -2.43. The quantitative estimate of drug-likeness (QED) is 0.838. The Hall–Kier alpha value is -1.26. The molecule has 1 N–H and O–H groups in total. The van der Waals surface area contributed by atoms with Crippen LogP contribution >= 0.6 is 0 Å². The van der Waals surface area contributed by atoms with Gasteiger partial charge in [0.25, 0.3) is 0 Å². The van der Waals surface area contributed by atoms with E-state index in [1.54, 1.807) is 7.11 Å². The van der Waals surface area contributed by atoms with Gasteiger partial charge >= 0.3 is 0 Å². The van der Waals surface area contributed by atoms with Crippen LogP contribution in [-0.2, 0) is 6.54 Å². The van der Waals surface area contributed by atoms with Crippen LogP contribution < -0.4 is 14.8 Å². The number of methoxy groups -OCH3 is 1. The molecule has 0 aliphatic carbocycles. The molecule has 1 atom stereocenters. The van der Waals surface area contributed by atoms with Gasteiger partial charge in [0.05, 0.1) is 13.7 Å². The number of likely N-dealkylation sites (tertiary alicyclic amines) is 1. The number of nitrogens with one attached hydrogen (secondary N) is 1. The molecule has 4 nitrogen and oxygen atoms in total. The summed E-state index contributed by atoms with van der Waals surface area (Å²) >= 11 is 0. The molecule has 0 aromatic heterocycles. The maximum Gasteiger partial charge on any atom is 0.161 e. The van der Waals surface area contributed by atoms with Gasteiger partial charge in [0.2, 0.25) is 0 Å². The Morgan fingerprint density at radius 3 is 2.90 bits per heavy atom. The highest BCUT2D eigenvalue weighted by molar-refractivity contribution is 5.43. The van der Waals surface area contributed by atoms with E-state index < -0.39 is 0 Å². The molecule has 4 heteroatoms. The van der Waals surface area contributed by atoms with E-state index in [2.05, 4.69) is 36.3 Å². The zero-order chi connectivity index (χ0) is 15.1. The summed E-state index contributed by atoms with van der Waals surface area (Å²) in [5.41, 5.74) is 1.28. The Morgan fingerprint density at radius 1 is 1.33 bits per heavy atom. The van der Waals surface area contributed by atoms with E-state index in [0.717, 1.165) is 37.6 Å². The molecule has 0 saturated carbocycles. The Labute approximate surface area is 128 Å². The summed E-state index contributed by atoms with van der Waals surface area (Å²) in [5.74, 6) is 1.68. The van der Waals surface area contributed by atoms with Gasteiger partial charge in [-0.15, -0.1) is 0 Å². The van der Waals surface area contributed by atoms with Crippen LogP contribution in [0.4, 0.5) is 0 Å². The van der Waals surface area contributed by atoms with Crippen LogP contribution in [0.3, 0.4) is 0 Å². The molecule has 0 radical (unpaired) electrons. The van der Waals surface area contributed by atoms with Crippen LogP contribution in [-0.4, -0.2) is 44.8 Å². The fourth-order valence-electron chi connectivity index (χ4n) is 2.83. The van der Waals surface area contributed by atoms with Crippen molar-refractivity contribution in [3.8, 4) is 11.5 Å². The lowest BCUT2D eigenvalue weighted by molar-refractivity contribution is 0.187. The van der Waals surface area contributed by atoms with E-state index in [0.29, 0.717) is 6.04 Å². The number of hydrogen-bond acceptors (Lipinski definition) is 4. The second kappa shape index (κ2) is 8.25. The first kappa shape index (κ1) is 16.1. The van der Waals surface area contributed by atoms with Gasteiger partial charge < -0.3 is 14.8 Å². The van der Waals surface area contributed by atoms with Crippen molar-refractivity contribution >= 4 is 0 Å². The van der Waals surface area contributed by atoms with Gasteiger partial charge in [0.15, 0.2) is 11.5 Å². The van der Waals surface area contributed by atoms with Crippen LogP contribution in [0.1, 0.15) is 31.7 Å². The monoisotopic (exact) mass is 292 g/mol. The maximum atomic E-state index is 5.71. The molecule has 1 saturated heterocycles. The Kier molecular flexibility index (Phi) is 6.33. The average Bonchev–Trinajstić information content (AvgIpc) is 2.53. The van der Waals surface area contributed by atoms with Crippen LogP contribution in [0, 0.1) is 0 Å². The van der Waals surface area contributed by atoms with E-state index in [4.69, 9.17) is 9.47 Å². The molecule has 0 amide bonds. The predicted molar refractivity (Wildman–Crippen MR) is 86.1 cm³/mol. The summed E-state index contributed by atoms with van der Waals surface area (Å²) in [5, 5.41) is 3.39. The van der Waals surface area contributed by atoms with E-state index in [1.807, 2.05) is 6.07 Å². The molecule has 1 aromatic rings. The minimum Gasteiger partial charge on any atom is -0.493 e. The number of hydrogen-bond donors (Lipinski definition) is 1. The summed E-state index contributed by atoms with van der Waals surface area (Å²) in [4.78, 5) is 2.51. The highest BCUT2D eigenvalue weighted by Gasteiger charge is 2.18. The van der Waals surface area contributed by atoms with Crippen molar-refractivity contribution in [2.24, 2.45) is 0 Å². The largest absolute Gasteiger partial charge is 0.493 e. The first-order valence-electron chi connectivity index (χ1n) is 7.96. The third kappa shape index (κ3) is 4.61. The Morgan fingerprint density at radius 2 is 2.19 bits per heavy atom. The second-order valence-electron chi connectivity index (χ2n) is 5.70. The van der Waals surface area contributed by atoms with E-state index in [9.17, 15) is 0 Å². The fourth-order valence-corrected chi connectivity index (χ4v) is 2.83. The summed E-state index contributed by atoms with van der Waals surface area (Å²) < 4.78 is 11.2. The van der Waals surface area contributed by atoms with Crippen LogP contribution in [0.15, 0.2) is 18.2 Å². The maximum absolute atomic E-state index is 5.71. The Balaban J connectivity index is 1.99. The van der Waals surface area contributed by atoms with Crippen molar-refractivity contribution in [1.82, 2.24) is 10.2 Å². The van der Waals surface area contributed by atoms with Crippen molar-refractivity contribution in [2.75, 3.05) is 33.9 Å². The van der Waals surface area contributed by atoms with E-state index in [1.165, 1.54) is 24.9 Å². The fraction of sp³-hybridized carbons (Fsp3) is 0.647. The molecule has 1 unspecified atom stereocenters. The molecule has 118 valence electrons. The van der Waals surface area contributed by atoms with Gasteiger partial charge in [-0.25, -0.2) is 0 Å². The lowest BCUT2D eigenvalue weighted by Gasteiger charge is -2.32. The van der Waals surface area contributed by atoms with Gasteiger partial charge in [-0.1, -0.05) is 13.0 Å². The van der Waals surface area contributed by atoms with Crippen LogP contribution in [0.5, 0.6) is 11.5 Å². The SMILES string of the molecule is CCCOc1ccc(CN2CCCC(NC)C2)cc1OC. The number of rotatable bonds is 7. The molecule has 1 aliphatic heterocycles. The predicted octanol–water partition coefficient (Wildman–Crippen LogP) is 2.67. The summed E-state index contributed by atoms with van der Waals surface area (Å²) in [6.45, 7) is 6.10. The van der Waals surface area contributed by atoms with Crippen molar-refractivity contribution < 1.29 is 9.47 Å². The summed E-state index contributed by atoms with van der Waals surface area (Å²) in [6.07, 6.45) is 3.55. The number of nitrogens with zero attached hydrogens (tertiary/aromatic N) is 1. The zero-order valence-corrected chi connectivity index (χ0v) is 13.5. The molecule has 1 fully saturated rings. The van der Waals surface area contributed by atoms with Crippen molar-refractivity contribution in [1.29, 1.82) is 0 Å². The molecule has 0 bridgehead atoms. The van der Waals surface area contributed by atoms with Crippen molar-refractivity contribution in [3.05, 3.63) is 23.8 Å². The Bertz CT molecular complexity index is 437. The zero-order valence-electron chi connectivity index (χ0n) is 13.5. The van der Waals surface area contributed by atoms with Gasteiger partial charge in [-0.05, 0) is 50.6 Å². The standard InChI is InChI=1S/C17H28N2O2/c1-4-10-21-16-8-7-14(11-17(16)20-3)12-19-9-5-6-15(13-19)18-2/h7-8,11,15,18H,4-6,9-10,12-13H2,1-3H3.